The molecule has 1 rings (SSSR count). The summed E-state index contributed by atoms with van der Waals surface area (Å²) < 4.78 is 15.9. The predicted molar refractivity (Wildman–Crippen MR) is 66.2 cm³/mol. The highest BCUT2D eigenvalue weighted by Gasteiger charge is 2.32. The van der Waals surface area contributed by atoms with Crippen LogP contribution in [0.1, 0.15) is 33.1 Å². The molecule has 0 aromatic heterocycles. The highest BCUT2D eigenvalue weighted by Crippen LogP contribution is 2.25. The van der Waals surface area contributed by atoms with Crippen molar-refractivity contribution in [3.05, 3.63) is 0 Å². The van der Waals surface area contributed by atoms with Crippen LogP contribution in [0.5, 0.6) is 0 Å². The Morgan fingerprint density at radius 3 is 2.83 bits per heavy atom. The van der Waals surface area contributed by atoms with Crippen LogP contribution in [0.15, 0.2) is 0 Å². The van der Waals surface area contributed by atoms with E-state index in [0.29, 0.717) is 13.2 Å². The zero-order chi connectivity index (χ0) is 13.6. The van der Waals surface area contributed by atoms with Crippen LogP contribution in [0.4, 0.5) is 0 Å². The fourth-order valence-corrected chi connectivity index (χ4v) is 2.03. The number of esters is 1. The first-order chi connectivity index (χ1) is 8.50. The molecular weight excluding hydrogens is 236 g/mol. The van der Waals surface area contributed by atoms with E-state index in [-0.39, 0.29) is 30.2 Å². The second-order valence-corrected chi connectivity index (χ2v) is 5.19. The van der Waals surface area contributed by atoms with Gasteiger partial charge >= 0.3 is 5.97 Å². The van der Waals surface area contributed by atoms with Gasteiger partial charge in [0.15, 0.2) is 0 Å². The summed E-state index contributed by atoms with van der Waals surface area (Å²) in [6.45, 7) is 4.79. The number of carbonyl (C=O) groups is 1. The standard InChI is InChI=1S/C13H24O5/c1-10(12(15)16-3)5-4-6-13(2)9-17-11(7-14)8-18-13/h10-11,14H,4-9H2,1-3H3/t10-,11-,13-/m1/s1. The SMILES string of the molecule is COC(=O)[C@H](C)CCC[C@]1(C)CO[C@H](CO)CO1. The smallest absolute Gasteiger partial charge is 0.308 e. The zero-order valence-electron chi connectivity index (χ0n) is 11.5. The largest absolute Gasteiger partial charge is 0.469 e. The molecule has 0 saturated carbocycles. The Balaban J connectivity index is 2.24. The van der Waals surface area contributed by atoms with E-state index < -0.39 is 0 Å². The van der Waals surface area contributed by atoms with E-state index in [9.17, 15) is 4.79 Å². The van der Waals surface area contributed by atoms with Crippen LogP contribution in [-0.2, 0) is 19.0 Å². The van der Waals surface area contributed by atoms with Crippen LogP contribution < -0.4 is 0 Å². The lowest BCUT2D eigenvalue weighted by Crippen LogP contribution is -2.45. The summed E-state index contributed by atoms with van der Waals surface area (Å²) in [6.07, 6.45) is 2.31. The van der Waals surface area contributed by atoms with Gasteiger partial charge in [0.2, 0.25) is 0 Å². The topological polar surface area (TPSA) is 65.0 Å². The molecule has 0 radical (unpaired) electrons. The summed E-state index contributed by atoms with van der Waals surface area (Å²) in [5, 5.41) is 8.94. The first-order valence-corrected chi connectivity index (χ1v) is 6.45. The Kier molecular flexibility index (Phi) is 6.05. The minimum atomic E-state index is -0.304. The molecule has 0 aromatic rings. The third-order valence-electron chi connectivity index (χ3n) is 3.39. The van der Waals surface area contributed by atoms with Crippen LogP contribution in [0, 0.1) is 5.92 Å². The van der Waals surface area contributed by atoms with E-state index in [4.69, 9.17) is 14.6 Å². The van der Waals surface area contributed by atoms with Crippen molar-refractivity contribution in [3.8, 4) is 0 Å². The molecule has 0 spiro atoms. The fourth-order valence-electron chi connectivity index (χ4n) is 2.03. The van der Waals surface area contributed by atoms with Gasteiger partial charge in [0.05, 0.1) is 38.4 Å². The molecule has 1 fully saturated rings. The van der Waals surface area contributed by atoms with Crippen LogP contribution in [0.2, 0.25) is 0 Å². The van der Waals surface area contributed by atoms with Gasteiger partial charge in [0.1, 0.15) is 6.10 Å². The van der Waals surface area contributed by atoms with Gasteiger partial charge in [-0.3, -0.25) is 4.79 Å². The molecule has 3 atom stereocenters. The van der Waals surface area contributed by atoms with Crippen molar-refractivity contribution in [3.63, 3.8) is 0 Å². The van der Waals surface area contributed by atoms with Crippen molar-refractivity contribution in [1.82, 2.24) is 0 Å². The lowest BCUT2D eigenvalue weighted by Gasteiger charge is -2.37. The van der Waals surface area contributed by atoms with Gasteiger partial charge in [-0.05, 0) is 26.2 Å². The van der Waals surface area contributed by atoms with Gasteiger partial charge in [-0.15, -0.1) is 0 Å². The maximum Gasteiger partial charge on any atom is 0.308 e. The van der Waals surface area contributed by atoms with Crippen LogP contribution in [0.25, 0.3) is 0 Å². The Morgan fingerprint density at radius 2 is 2.33 bits per heavy atom. The van der Waals surface area contributed by atoms with Gasteiger partial charge in [-0.1, -0.05) is 6.92 Å². The summed E-state index contributed by atoms with van der Waals surface area (Å²) in [5.41, 5.74) is -0.304. The highest BCUT2D eigenvalue weighted by atomic mass is 16.6. The van der Waals surface area contributed by atoms with Gasteiger partial charge in [0.25, 0.3) is 0 Å². The summed E-state index contributed by atoms with van der Waals surface area (Å²) >= 11 is 0. The van der Waals surface area contributed by atoms with Crippen LogP contribution in [0.3, 0.4) is 0 Å². The van der Waals surface area contributed by atoms with Crippen molar-refractivity contribution in [1.29, 1.82) is 0 Å². The van der Waals surface area contributed by atoms with Crippen molar-refractivity contribution in [2.24, 2.45) is 5.92 Å². The molecule has 1 saturated heterocycles. The fraction of sp³-hybridized carbons (Fsp3) is 0.923. The number of rotatable bonds is 6. The monoisotopic (exact) mass is 260 g/mol. The summed E-state index contributed by atoms with van der Waals surface area (Å²) in [4.78, 5) is 11.2. The number of hydrogen-bond acceptors (Lipinski definition) is 5. The predicted octanol–water partition coefficient (Wildman–Crippen LogP) is 1.13. The lowest BCUT2D eigenvalue weighted by molar-refractivity contribution is -0.193. The molecule has 1 N–H and O–H groups in total. The molecule has 1 heterocycles. The minimum Gasteiger partial charge on any atom is -0.469 e. The third-order valence-corrected chi connectivity index (χ3v) is 3.39. The molecule has 0 aliphatic carbocycles. The molecular formula is C13H24O5. The first kappa shape index (κ1) is 15.4. The Labute approximate surface area is 108 Å². The second-order valence-electron chi connectivity index (χ2n) is 5.19. The van der Waals surface area contributed by atoms with E-state index in [2.05, 4.69) is 4.74 Å². The van der Waals surface area contributed by atoms with Gasteiger partial charge in [0, 0.05) is 0 Å². The first-order valence-electron chi connectivity index (χ1n) is 6.45. The Hall–Kier alpha value is -0.650. The number of carbonyl (C=O) groups excluding carboxylic acids is 1. The van der Waals surface area contributed by atoms with E-state index >= 15 is 0 Å². The van der Waals surface area contributed by atoms with Gasteiger partial charge < -0.3 is 19.3 Å². The molecule has 5 heteroatoms. The Bertz CT molecular complexity index is 258. The molecule has 0 aromatic carbocycles. The minimum absolute atomic E-state index is 0.00451. The third kappa shape index (κ3) is 4.55. The van der Waals surface area contributed by atoms with Crippen molar-refractivity contribution >= 4 is 5.97 Å². The average Bonchev–Trinajstić information content (AvgIpc) is 2.38. The summed E-state index contributed by atoms with van der Waals surface area (Å²) in [5.74, 6) is -0.241. The Morgan fingerprint density at radius 1 is 1.61 bits per heavy atom. The summed E-state index contributed by atoms with van der Waals surface area (Å²) in [6, 6.07) is 0. The molecule has 0 bridgehead atoms. The van der Waals surface area contributed by atoms with Crippen molar-refractivity contribution < 1.29 is 24.1 Å². The molecule has 18 heavy (non-hydrogen) atoms. The average molecular weight is 260 g/mol. The highest BCUT2D eigenvalue weighted by molar-refractivity contribution is 5.71. The number of methoxy groups -OCH3 is 1. The number of aliphatic hydroxyl groups excluding tert-OH is 1. The van der Waals surface area contributed by atoms with Gasteiger partial charge in [-0.2, -0.15) is 0 Å². The zero-order valence-corrected chi connectivity index (χ0v) is 11.5. The normalized spacial score (nSPS) is 29.9. The maximum atomic E-state index is 11.2. The van der Waals surface area contributed by atoms with Crippen LogP contribution in [-0.4, -0.2) is 49.7 Å². The van der Waals surface area contributed by atoms with E-state index in [1.54, 1.807) is 0 Å². The van der Waals surface area contributed by atoms with E-state index in [1.807, 2.05) is 13.8 Å². The molecule has 5 nitrogen and oxygen atoms in total. The van der Waals surface area contributed by atoms with Crippen molar-refractivity contribution in [2.75, 3.05) is 26.9 Å². The summed E-state index contributed by atoms with van der Waals surface area (Å²) in [7, 11) is 1.41. The number of hydrogen-bond donors (Lipinski definition) is 1. The maximum absolute atomic E-state index is 11.2. The molecule has 0 unspecified atom stereocenters. The van der Waals surface area contributed by atoms with E-state index in [0.717, 1.165) is 19.3 Å². The molecule has 106 valence electrons. The quantitative estimate of drug-likeness (QED) is 0.725. The molecule has 1 aliphatic heterocycles. The second kappa shape index (κ2) is 7.07. The molecule has 0 amide bonds. The van der Waals surface area contributed by atoms with Gasteiger partial charge in [-0.25, -0.2) is 0 Å². The van der Waals surface area contributed by atoms with Crippen molar-refractivity contribution in [2.45, 2.75) is 44.8 Å². The molecule has 1 aliphatic rings. The van der Waals surface area contributed by atoms with E-state index in [1.165, 1.54) is 7.11 Å². The number of aliphatic hydroxyl groups is 1. The van der Waals surface area contributed by atoms with Crippen LogP contribution >= 0.6 is 0 Å². The number of ether oxygens (including phenoxy) is 3. The lowest BCUT2D eigenvalue weighted by atomic mass is 9.95.